The van der Waals surface area contributed by atoms with Crippen molar-refractivity contribution in [3.8, 4) is 11.3 Å². The summed E-state index contributed by atoms with van der Waals surface area (Å²) in [5.74, 6) is 0. The average Bonchev–Trinajstić information content (AvgIpc) is 2.67. The summed E-state index contributed by atoms with van der Waals surface area (Å²) in [5.41, 5.74) is 6.40. The maximum Gasteiger partial charge on any atom is 0.0925 e. The minimum absolute atomic E-state index is 0.881. The van der Waals surface area contributed by atoms with Gasteiger partial charge in [0, 0.05) is 5.56 Å². The van der Waals surface area contributed by atoms with Gasteiger partial charge in [0.25, 0.3) is 0 Å². The monoisotopic (exact) mass is 310 g/mol. The number of aryl methyl sites for hydroxylation is 2. The van der Waals surface area contributed by atoms with Gasteiger partial charge in [-0.2, -0.15) is 0 Å². The third-order valence-electron chi connectivity index (χ3n) is 4.18. The quantitative estimate of drug-likeness (QED) is 0.525. The lowest BCUT2D eigenvalue weighted by atomic mass is 10.0. The first-order chi connectivity index (χ1) is 11.9. The van der Waals surface area contributed by atoms with Crippen LogP contribution >= 0.6 is 0 Å². The molecule has 0 N–H and O–H groups in total. The van der Waals surface area contributed by atoms with Crippen LogP contribution in [0.3, 0.4) is 0 Å². The van der Waals surface area contributed by atoms with E-state index in [-0.39, 0.29) is 0 Å². The molecule has 2 nitrogen and oxygen atoms in total. The van der Waals surface area contributed by atoms with Crippen LogP contribution in [0.25, 0.3) is 22.3 Å². The molecule has 3 aromatic carbocycles. The Labute approximate surface area is 141 Å². The van der Waals surface area contributed by atoms with E-state index in [9.17, 15) is 0 Å². The fourth-order valence-corrected chi connectivity index (χ4v) is 2.95. The Morgan fingerprint density at radius 3 is 1.83 bits per heavy atom. The molecule has 4 aromatic rings. The highest BCUT2D eigenvalue weighted by molar-refractivity contribution is 5.78. The molecule has 0 aliphatic rings. The molecule has 4 rings (SSSR count). The molecule has 0 aliphatic carbocycles. The van der Waals surface area contributed by atoms with Gasteiger partial charge in [-0.05, 0) is 30.5 Å². The Kier molecular flexibility index (Phi) is 4.03. The first kappa shape index (κ1) is 14.6. The zero-order chi connectivity index (χ0) is 16.2. The highest BCUT2D eigenvalue weighted by Crippen LogP contribution is 2.24. The number of benzene rings is 3. The molecule has 116 valence electrons. The minimum atomic E-state index is 0.881. The molecule has 0 saturated heterocycles. The molecule has 1 heterocycles. The van der Waals surface area contributed by atoms with Gasteiger partial charge in [0.2, 0.25) is 0 Å². The standard InChI is InChI=1S/C22H18N2/c1-3-9-17(10-4-1)15-16-21-22(18-11-5-2-6-12-18)24-20-14-8-7-13-19(20)23-21/h1-14H,15-16H2. The fourth-order valence-electron chi connectivity index (χ4n) is 2.95. The Morgan fingerprint density at radius 2 is 1.12 bits per heavy atom. The number of hydrogen-bond donors (Lipinski definition) is 0. The summed E-state index contributed by atoms with van der Waals surface area (Å²) in [5, 5.41) is 0. The number of nitrogens with zero attached hydrogens (tertiary/aromatic N) is 2. The van der Waals surface area contributed by atoms with Crippen molar-refractivity contribution < 1.29 is 0 Å². The van der Waals surface area contributed by atoms with Gasteiger partial charge >= 0.3 is 0 Å². The molecule has 0 fully saturated rings. The summed E-state index contributed by atoms with van der Waals surface area (Å²) in [6.07, 6.45) is 1.85. The highest BCUT2D eigenvalue weighted by atomic mass is 14.8. The number of para-hydroxylation sites is 2. The molecule has 2 heteroatoms. The smallest absolute Gasteiger partial charge is 0.0925 e. The van der Waals surface area contributed by atoms with Crippen LogP contribution in [0.5, 0.6) is 0 Å². The Balaban J connectivity index is 1.77. The SMILES string of the molecule is c1ccc(CCc2nc3ccccc3nc2-c2ccccc2)cc1. The van der Waals surface area contributed by atoms with Crippen molar-refractivity contribution in [2.45, 2.75) is 12.8 Å². The fraction of sp³-hybridized carbons (Fsp3) is 0.0909. The lowest BCUT2D eigenvalue weighted by Gasteiger charge is -2.10. The van der Waals surface area contributed by atoms with Crippen LogP contribution < -0.4 is 0 Å². The second-order valence-corrected chi connectivity index (χ2v) is 5.86. The predicted molar refractivity (Wildman–Crippen MR) is 98.8 cm³/mol. The second-order valence-electron chi connectivity index (χ2n) is 5.86. The molecule has 0 bridgehead atoms. The van der Waals surface area contributed by atoms with Crippen molar-refractivity contribution in [1.29, 1.82) is 0 Å². The van der Waals surface area contributed by atoms with E-state index in [2.05, 4.69) is 42.5 Å². The maximum absolute atomic E-state index is 4.90. The van der Waals surface area contributed by atoms with Gasteiger partial charge in [-0.1, -0.05) is 72.8 Å². The van der Waals surface area contributed by atoms with Gasteiger partial charge in [0.05, 0.1) is 22.4 Å². The van der Waals surface area contributed by atoms with Gasteiger partial charge in [-0.25, -0.2) is 9.97 Å². The van der Waals surface area contributed by atoms with Crippen LogP contribution in [0.1, 0.15) is 11.3 Å². The lowest BCUT2D eigenvalue weighted by Crippen LogP contribution is -2.01. The van der Waals surface area contributed by atoms with E-state index in [1.807, 2.05) is 42.5 Å². The first-order valence-electron chi connectivity index (χ1n) is 8.25. The molecular weight excluding hydrogens is 292 g/mol. The molecule has 0 unspecified atom stereocenters. The topological polar surface area (TPSA) is 25.8 Å². The summed E-state index contributed by atoms with van der Waals surface area (Å²) < 4.78 is 0. The lowest BCUT2D eigenvalue weighted by molar-refractivity contribution is 0.916. The summed E-state index contributed by atoms with van der Waals surface area (Å²) in [7, 11) is 0. The molecule has 0 saturated carbocycles. The minimum Gasteiger partial charge on any atom is -0.249 e. The normalized spacial score (nSPS) is 10.8. The number of rotatable bonds is 4. The Hall–Kier alpha value is -3.00. The van der Waals surface area contributed by atoms with Crippen molar-refractivity contribution in [1.82, 2.24) is 9.97 Å². The molecule has 0 atom stereocenters. The molecule has 24 heavy (non-hydrogen) atoms. The van der Waals surface area contributed by atoms with Gasteiger partial charge < -0.3 is 0 Å². The van der Waals surface area contributed by atoms with E-state index >= 15 is 0 Å². The molecule has 0 aliphatic heterocycles. The largest absolute Gasteiger partial charge is 0.249 e. The third kappa shape index (κ3) is 3.04. The second kappa shape index (κ2) is 6.63. The summed E-state index contributed by atoms with van der Waals surface area (Å²) in [4.78, 5) is 9.80. The number of fused-ring (bicyclic) bond motifs is 1. The zero-order valence-corrected chi connectivity index (χ0v) is 13.4. The average molecular weight is 310 g/mol. The molecule has 1 aromatic heterocycles. The zero-order valence-electron chi connectivity index (χ0n) is 13.4. The maximum atomic E-state index is 4.90. The van der Waals surface area contributed by atoms with E-state index in [1.54, 1.807) is 0 Å². The van der Waals surface area contributed by atoms with E-state index < -0.39 is 0 Å². The van der Waals surface area contributed by atoms with Gasteiger partial charge in [0.1, 0.15) is 0 Å². The van der Waals surface area contributed by atoms with E-state index in [4.69, 9.17) is 9.97 Å². The third-order valence-corrected chi connectivity index (χ3v) is 4.18. The van der Waals surface area contributed by atoms with Gasteiger partial charge in [0.15, 0.2) is 0 Å². The molecule has 0 radical (unpaired) electrons. The molecule has 0 amide bonds. The summed E-state index contributed by atoms with van der Waals surface area (Å²) >= 11 is 0. The first-order valence-corrected chi connectivity index (χ1v) is 8.25. The van der Waals surface area contributed by atoms with Crippen molar-refractivity contribution in [2.24, 2.45) is 0 Å². The van der Waals surface area contributed by atoms with Crippen LogP contribution in [-0.4, -0.2) is 9.97 Å². The molecule has 0 spiro atoms. The van der Waals surface area contributed by atoms with E-state index in [0.29, 0.717) is 0 Å². The summed E-state index contributed by atoms with van der Waals surface area (Å²) in [6, 6.07) is 29.0. The highest BCUT2D eigenvalue weighted by Gasteiger charge is 2.11. The van der Waals surface area contributed by atoms with Crippen LogP contribution in [-0.2, 0) is 12.8 Å². The molecular formula is C22H18N2. The Morgan fingerprint density at radius 1 is 0.542 bits per heavy atom. The van der Waals surface area contributed by atoms with Crippen molar-refractivity contribution in [3.63, 3.8) is 0 Å². The van der Waals surface area contributed by atoms with Crippen molar-refractivity contribution in [2.75, 3.05) is 0 Å². The number of hydrogen-bond acceptors (Lipinski definition) is 2. The van der Waals surface area contributed by atoms with Crippen LogP contribution in [0.2, 0.25) is 0 Å². The van der Waals surface area contributed by atoms with E-state index in [0.717, 1.165) is 40.8 Å². The number of aromatic nitrogens is 2. The predicted octanol–water partition coefficient (Wildman–Crippen LogP) is 5.08. The summed E-state index contributed by atoms with van der Waals surface area (Å²) in [6.45, 7) is 0. The van der Waals surface area contributed by atoms with Gasteiger partial charge in [-0.3, -0.25) is 0 Å². The van der Waals surface area contributed by atoms with E-state index in [1.165, 1.54) is 5.56 Å². The van der Waals surface area contributed by atoms with Crippen molar-refractivity contribution in [3.05, 3.63) is 96.2 Å². The van der Waals surface area contributed by atoms with Gasteiger partial charge in [-0.15, -0.1) is 0 Å². The van der Waals surface area contributed by atoms with Crippen LogP contribution in [0.4, 0.5) is 0 Å². The van der Waals surface area contributed by atoms with Crippen LogP contribution in [0.15, 0.2) is 84.9 Å². The van der Waals surface area contributed by atoms with Crippen molar-refractivity contribution >= 4 is 11.0 Å². The Bertz CT molecular complexity index is 947. The van der Waals surface area contributed by atoms with Crippen LogP contribution in [0, 0.1) is 0 Å².